The zero-order valence-corrected chi connectivity index (χ0v) is 8.57. The summed E-state index contributed by atoms with van der Waals surface area (Å²) < 4.78 is 26.7. The second-order valence-corrected chi connectivity index (χ2v) is 4.99. The molecule has 1 heterocycles. The van der Waals surface area contributed by atoms with Crippen molar-refractivity contribution in [2.75, 3.05) is 0 Å². The van der Waals surface area contributed by atoms with E-state index in [0.717, 1.165) is 12.1 Å². The quantitative estimate of drug-likeness (QED) is 0.720. The van der Waals surface area contributed by atoms with Crippen LogP contribution in [0.25, 0.3) is 0 Å². The zero-order chi connectivity index (χ0) is 10.3. The molecule has 1 aliphatic rings. The molecule has 0 saturated heterocycles. The van der Waals surface area contributed by atoms with Crippen molar-refractivity contribution in [3.8, 4) is 0 Å². The van der Waals surface area contributed by atoms with E-state index in [2.05, 4.69) is 0 Å². The smallest absolute Gasteiger partial charge is 0.137 e. The van der Waals surface area contributed by atoms with Gasteiger partial charge in [0.1, 0.15) is 11.6 Å². The molecule has 2 unspecified atom stereocenters. The van der Waals surface area contributed by atoms with Gasteiger partial charge < -0.3 is 5.73 Å². The number of fused-ring (bicyclic) bond motifs is 1. The molecule has 0 amide bonds. The minimum absolute atomic E-state index is 0.244. The van der Waals surface area contributed by atoms with Gasteiger partial charge in [0.05, 0.1) is 4.90 Å². The Morgan fingerprint density at radius 3 is 2.71 bits per heavy atom. The third kappa shape index (κ3) is 1.53. The van der Waals surface area contributed by atoms with Crippen LogP contribution in [0.4, 0.5) is 8.78 Å². The van der Waals surface area contributed by atoms with Crippen LogP contribution >= 0.6 is 11.8 Å². The topological polar surface area (TPSA) is 26.0 Å². The molecular weight excluding hydrogens is 204 g/mol. The summed E-state index contributed by atoms with van der Waals surface area (Å²) in [5, 5.41) is 0.244. The van der Waals surface area contributed by atoms with E-state index < -0.39 is 5.82 Å². The summed E-state index contributed by atoms with van der Waals surface area (Å²) in [7, 11) is 0. The molecule has 76 valence electrons. The normalized spacial score (nSPS) is 26.0. The van der Waals surface area contributed by atoms with E-state index in [9.17, 15) is 8.78 Å². The second-order valence-electron chi connectivity index (χ2n) is 3.54. The molecule has 0 radical (unpaired) electrons. The van der Waals surface area contributed by atoms with Gasteiger partial charge in [-0.15, -0.1) is 11.8 Å². The number of hydrogen-bond donors (Lipinski definition) is 1. The fourth-order valence-corrected chi connectivity index (χ4v) is 3.00. The first kappa shape index (κ1) is 9.93. The second kappa shape index (κ2) is 3.51. The Balaban J connectivity index is 2.57. The summed E-state index contributed by atoms with van der Waals surface area (Å²) in [6.45, 7) is 1.97. The van der Waals surface area contributed by atoms with Gasteiger partial charge in [0.25, 0.3) is 0 Å². The summed E-state index contributed by atoms with van der Waals surface area (Å²) in [5.41, 5.74) is 6.13. The van der Waals surface area contributed by atoms with Crippen molar-refractivity contribution in [3.05, 3.63) is 29.3 Å². The SMILES string of the molecule is CC1CC(N)c2c(F)ccc(F)c2S1. The Hall–Kier alpha value is -0.610. The van der Waals surface area contributed by atoms with E-state index in [4.69, 9.17) is 5.73 Å². The predicted octanol–water partition coefficient (Wildman–Crippen LogP) is 2.85. The van der Waals surface area contributed by atoms with Crippen LogP contribution in [0.3, 0.4) is 0 Å². The van der Waals surface area contributed by atoms with Gasteiger partial charge in [-0.1, -0.05) is 6.92 Å². The third-order valence-electron chi connectivity index (χ3n) is 2.37. The van der Waals surface area contributed by atoms with E-state index in [0.29, 0.717) is 16.9 Å². The first-order valence-corrected chi connectivity index (χ1v) is 5.37. The predicted molar refractivity (Wildman–Crippen MR) is 53.2 cm³/mol. The van der Waals surface area contributed by atoms with Crippen LogP contribution in [0, 0.1) is 11.6 Å². The van der Waals surface area contributed by atoms with Crippen molar-refractivity contribution < 1.29 is 8.78 Å². The van der Waals surface area contributed by atoms with Gasteiger partial charge >= 0.3 is 0 Å². The van der Waals surface area contributed by atoms with Gasteiger partial charge in [-0.05, 0) is 18.6 Å². The lowest BCUT2D eigenvalue weighted by Gasteiger charge is -2.27. The van der Waals surface area contributed by atoms with E-state index in [1.54, 1.807) is 0 Å². The van der Waals surface area contributed by atoms with Crippen molar-refractivity contribution in [3.63, 3.8) is 0 Å². The molecule has 1 aromatic rings. The fraction of sp³-hybridized carbons (Fsp3) is 0.400. The van der Waals surface area contributed by atoms with Crippen molar-refractivity contribution in [2.45, 2.75) is 29.5 Å². The summed E-state index contributed by atoms with van der Waals surface area (Å²) in [5.74, 6) is -0.762. The van der Waals surface area contributed by atoms with Crippen molar-refractivity contribution in [1.29, 1.82) is 0 Å². The molecule has 14 heavy (non-hydrogen) atoms. The summed E-state index contributed by atoms with van der Waals surface area (Å²) >= 11 is 1.36. The molecule has 1 nitrogen and oxygen atoms in total. The van der Waals surface area contributed by atoms with Gasteiger partial charge in [-0.25, -0.2) is 8.78 Å². The Morgan fingerprint density at radius 1 is 1.36 bits per heavy atom. The number of thioether (sulfide) groups is 1. The van der Waals surface area contributed by atoms with E-state index in [-0.39, 0.29) is 17.1 Å². The number of benzene rings is 1. The highest BCUT2D eigenvalue weighted by atomic mass is 32.2. The van der Waals surface area contributed by atoms with Crippen molar-refractivity contribution >= 4 is 11.8 Å². The first-order valence-electron chi connectivity index (χ1n) is 4.49. The number of rotatable bonds is 0. The molecule has 0 fully saturated rings. The van der Waals surface area contributed by atoms with Crippen LogP contribution < -0.4 is 5.73 Å². The van der Waals surface area contributed by atoms with Gasteiger partial charge in [0, 0.05) is 16.9 Å². The average Bonchev–Trinajstić information content (AvgIpc) is 2.10. The summed E-state index contributed by atoms with van der Waals surface area (Å²) in [6, 6.07) is 1.92. The molecule has 2 rings (SSSR count). The monoisotopic (exact) mass is 215 g/mol. The minimum atomic E-state index is -0.395. The van der Waals surface area contributed by atoms with Gasteiger partial charge in [0.15, 0.2) is 0 Å². The van der Waals surface area contributed by atoms with Crippen molar-refractivity contribution in [2.24, 2.45) is 5.73 Å². The number of halogens is 2. The largest absolute Gasteiger partial charge is 0.324 e. The maximum atomic E-state index is 13.4. The highest BCUT2D eigenvalue weighted by Crippen LogP contribution is 2.41. The molecule has 0 aliphatic carbocycles. The van der Waals surface area contributed by atoms with Crippen molar-refractivity contribution in [1.82, 2.24) is 0 Å². The average molecular weight is 215 g/mol. The molecule has 2 atom stereocenters. The fourth-order valence-electron chi connectivity index (χ4n) is 1.74. The van der Waals surface area contributed by atoms with E-state index in [1.807, 2.05) is 6.92 Å². The number of nitrogens with two attached hydrogens (primary N) is 1. The molecule has 1 aliphatic heterocycles. The lowest BCUT2D eigenvalue weighted by atomic mass is 10.0. The molecule has 0 aromatic heterocycles. The summed E-state index contributed by atoms with van der Waals surface area (Å²) in [4.78, 5) is 0.385. The van der Waals surface area contributed by atoms with Crippen LogP contribution in [-0.4, -0.2) is 5.25 Å². The Kier molecular flexibility index (Phi) is 2.49. The van der Waals surface area contributed by atoms with Crippen LogP contribution in [-0.2, 0) is 0 Å². The highest BCUT2D eigenvalue weighted by molar-refractivity contribution is 8.00. The number of hydrogen-bond acceptors (Lipinski definition) is 2. The molecule has 0 bridgehead atoms. The minimum Gasteiger partial charge on any atom is -0.324 e. The Labute approximate surface area is 85.7 Å². The molecule has 0 spiro atoms. The molecular formula is C10H11F2NS. The van der Waals surface area contributed by atoms with Crippen LogP contribution in [0.2, 0.25) is 0 Å². The maximum Gasteiger partial charge on any atom is 0.137 e. The van der Waals surface area contributed by atoms with Gasteiger partial charge in [0.2, 0.25) is 0 Å². The van der Waals surface area contributed by atoms with Crippen LogP contribution in [0.5, 0.6) is 0 Å². The lowest BCUT2D eigenvalue weighted by Crippen LogP contribution is -2.22. The van der Waals surface area contributed by atoms with Gasteiger partial charge in [-0.2, -0.15) is 0 Å². The van der Waals surface area contributed by atoms with Gasteiger partial charge in [-0.3, -0.25) is 0 Å². The van der Waals surface area contributed by atoms with E-state index >= 15 is 0 Å². The third-order valence-corrected chi connectivity index (χ3v) is 3.62. The summed E-state index contributed by atoms with van der Waals surface area (Å²) in [6.07, 6.45) is 0.693. The van der Waals surface area contributed by atoms with E-state index in [1.165, 1.54) is 11.8 Å². The highest BCUT2D eigenvalue weighted by Gasteiger charge is 2.27. The molecule has 0 saturated carbocycles. The maximum absolute atomic E-state index is 13.4. The lowest BCUT2D eigenvalue weighted by molar-refractivity contribution is 0.515. The molecule has 2 N–H and O–H groups in total. The molecule has 1 aromatic carbocycles. The Morgan fingerprint density at radius 2 is 2.00 bits per heavy atom. The zero-order valence-electron chi connectivity index (χ0n) is 7.76. The standard InChI is InChI=1S/C10H11F2NS/c1-5-4-8(13)9-6(11)2-3-7(12)10(9)14-5/h2-3,5,8H,4,13H2,1H3. The molecule has 4 heteroatoms. The van der Waals surface area contributed by atoms with Crippen LogP contribution in [0.15, 0.2) is 17.0 Å². The first-order chi connectivity index (χ1) is 6.59. The van der Waals surface area contributed by atoms with Crippen LogP contribution in [0.1, 0.15) is 24.9 Å². The Bertz CT molecular complexity index is 367.